The van der Waals surface area contributed by atoms with Crippen molar-refractivity contribution in [1.29, 1.82) is 5.26 Å². The largest absolute Gasteiger partial charge is 0.480 e. The third kappa shape index (κ3) is 6.10. The summed E-state index contributed by atoms with van der Waals surface area (Å²) in [5, 5.41) is 23.8. The zero-order chi connectivity index (χ0) is 15.7. The summed E-state index contributed by atoms with van der Waals surface area (Å²) in [5.41, 5.74) is -0.180. The second-order valence-corrected chi connectivity index (χ2v) is 6.06. The van der Waals surface area contributed by atoms with Crippen molar-refractivity contribution in [2.75, 3.05) is 24.3 Å². The predicted molar refractivity (Wildman–Crippen MR) is 84.2 cm³/mol. The molecular formula is C12H16N4O3S2. The number of nitrogens with one attached hydrogen (secondary N) is 2. The number of nitriles is 1. The molecule has 0 saturated heterocycles. The first-order valence-corrected chi connectivity index (χ1v) is 8.53. The SMILES string of the molecule is CSCCC(NC(=O)/C(C#N)=C\NC1=NCCS1)C(=O)O. The first-order chi connectivity index (χ1) is 10.1. The van der Waals surface area contributed by atoms with E-state index >= 15 is 0 Å². The van der Waals surface area contributed by atoms with Crippen LogP contribution in [0.15, 0.2) is 16.8 Å². The highest BCUT2D eigenvalue weighted by molar-refractivity contribution is 8.14. The summed E-state index contributed by atoms with van der Waals surface area (Å²) < 4.78 is 0. The number of carbonyl (C=O) groups excluding carboxylic acids is 1. The molecule has 1 aliphatic heterocycles. The van der Waals surface area contributed by atoms with E-state index in [-0.39, 0.29) is 5.57 Å². The number of hydrogen-bond acceptors (Lipinski definition) is 7. The van der Waals surface area contributed by atoms with E-state index in [1.54, 1.807) is 6.07 Å². The Labute approximate surface area is 131 Å². The maximum Gasteiger partial charge on any atom is 0.326 e. The number of amides is 1. The Hall–Kier alpha value is -1.66. The van der Waals surface area contributed by atoms with Gasteiger partial charge in [-0.1, -0.05) is 11.8 Å². The molecule has 3 N–H and O–H groups in total. The fraction of sp³-hybridized carbons (Fsp3) is 0.500. The topological polar surface area (TPSA) is 115 Å². The number of carbonyl (C=O) groups is 2. The number of carboxylic acids is 1. The number of aliphatic carboxylic acids is 1. The molecule has 0 aromatic rings. The van der Waals surface area contributed by atoms with Gasteiger partial charge in [-0.05, 0) is 18.4 Å². The molecule has 9 heteroatoms. The lowest BCUT2D eigenvalue weighted by atomic mass is 10.2. The molecule has 0 aliphatic carbocycles. The van der Waals surface area contributed by atoms with E-state index in [0.717, 1.165) is 5.75 Å². The average molecular weight is 328 g/mol. The Morgan fingerprint density at radius 2 is 2.43 bits per heavy atom. The van der Waals surface area contributed by atoms with Crippen LogP contribution in [-0.2, 0) is 9.59 Å². The van der Waals surface area contributed by atoms with Crippen LogP contribution in [0.25, 0.3) is 0 Å². The number of carboxylic acid groups (broad SMARTS) is 1. The Balaban J connectivity index is 2.62. The van der Waals surface area contributed by atoms with Crippen LogP contribution in [0.3, 0.4) is 0 Å². The molecular weight excluding hydrogens is 312 g/mol. The maximum atomic E-state index is 11.9. The second kappa shape index (κ2) is 9.31. The van der Waals surface area contributed by atoms with Crippen molar-refractivity contribution in [3.8, 4) is 6.07 Å². The number of rotatable bonds is 7. The van der Waals surface area contributed by atoms with Gasteiger partial charge in [-0.15, -0.1) is 0 Å². The van der Waals surface area contributed by atoms with Crippen LogP contribution < -0.4 is 10.6 Å². The quantitative estimate of drug-likeness (QED) is 0.458. The predicted octanol–water partition coefficient (Wildman–Crippen LogP) is 0.409. The van der Waals surface area contributed by atoms with E-state index in [9.17, 15) is 9.59 Å². The zero-order valence-electron chi connectivity index (χ0n) is 11.5. The number of aliphatic imine (C=N–C) groups is 1. The third-order valence-corrected chi connectivity index (χ3v) is 4.06. The highest BCUT2D eigenvalue weighted by atomic mass is 32.2. The van der Waals surface area contributed by atoms with E-state index < -0.39 is 17.9 Å². The van der Waals surface area contributed by atoms with E-state index in [1.165, 1.54) is 29.7 Å². The Morgan fingerprint density at radius 3 is 2.95 bits per heavy atom. The molecule has 0 radical (unpaired) electrons. The van der Waals surface area contributed by atoms with Crippen molar-refractivity contribution in [1.82, 2.24) is 10.6 Å². The molecule has 1 aliphatic rings. The molecule has 0 aromatic carbocycles. The normalized spacial score (nSPS) is 15.8. The summed E-state index contributed by atoms with van der Waals surface area (Å²) in [6.07, 6.45) is 3.40. The third-order valence-electron chi connectivity index (χ3n) is 2.50. The first-order valence-electron chi connectivity index (χ1n) is 6.15. The Bertz CT molecular complexity index is 499. The van der Waals surface area contributed by atoms with E-state index in [4.69, 9.17) is 10.4 Å². The molecule has 0 fully saturated rings. The minimum atomic E-state index is -1.11. The van der Waals surface area contributed by atoms with Gasteiger partial charge in [0.15, 0.2) is 5.17 Å². The minimum Gasteiger partial charge on any atom is -0.480 e. The summed E-state index contributed by atoms with van der Waals surface area (Å²) in [6, 6.07) is 0.750. The highest BCUT2D eigenvalue weighted by Crippen LogP contribution is 2.09. The van der Waals surface area contributed by atoms with Gasteiger partial charge in [-0.2, -0.15) is 17.0 Å². The summed E-state index contributed by atoms with van der Waals surface area (Å²) in [7, 11) is 0. The maximum absolute atomic E-state index is 11.9. The average Bonchev–Trinajstić information content (AvgIpc) is 2.97. The molecule has 0 bridgehead atoms. The van der Waals surface area contributed by atoms with E-state index in [2.05, 4.69) is 15.6 Å². The molecule has 1 atom stereocenters. The lowest BCUT2D eigenvalue weighted by Crippen LogP contribution is -2.42. The number of thioether (sulfide) groups is 2. The summed E-state index contributed by atoms with van der Waals surface area (Å²) in [5.74, 6) is -0.352. The zero-order valence-corrected chi connectivity index (χ0v) is 13.1. The van der Waals surface area contributed by atoms with E-state index in [1.807, 2.05) is 6.26 Å². The van der Waals surface area contributed by atoms with Gasteiger partial charge in [0.05, 0.1) is 6.54 Å². The van der Waals surface area contributed by atoms with E-state index in [0.29, 0.717) is 23.9 Å². The number of nitrogens with zero attached hydrogens (tertiary/aromatic N) is 2. The smallest absolute Gasteiger partial charge is 0.326 e. The van der Waals surface area contributed by atoms with Crippen LogP contribution in [0, 0.1) is 11.3 Å². The molecule has 1 unspecified atom stereocenters. The molecule has 0 spiro atoms. The van der Waals surface area contributed by atoms with Crippen molar-refractivity contribution in [2.24, 2.45) is 4.99 Å². The van der Waals surface area contributed by atoms with Crippen molar-refractivity contribution in [3.63, 3.8) is 0 Å². The molecule has 1 rings (SSSR count). The molecule has 0 aromatic heterocycles. The lowest BCUT2D eigenvalue weighted by Gasteiger charge is -2.13. The first kappa shape index (κ1) is 17.4. The van der Waals surface area contributed by atoms with Gasteiger partial charge >= 0.3 is 5.97 Å². The monoisotopic (exact) mass is 328 g/mol. The lowest BCUT2D eigenvalue weighted by molar-refractivity contribution is -0.141. The second-order valence-electron chi connectivity index (χ2n) is 4.00. The summed E-state index contributed by atoms with van der Waals surface area (Å²) in [6.45, 7) is 0.699. The molecule has 114 valence electrons. The summed E-state index contributed by atoms with van der Waals surface area (Å²) in [4.78, 5) is 27.1. The van der Waals surface area contributed by atoms with Crippen LogP contribution in [0.2, 0.25) is 0 Å². The Kier molecular flexibility index (Phi) is 7.71. The number of amidine groups is 1. The van der Waals surface area contributed by atoms with Crippen molar-refractivity contribution in [3.05, 3.63) is 11.8 Å². The fourth-order valence-corrected chi connectivity index (χ4v) is 2.61. The molecule has 21 heavy (non-hydrogen) atoms. The van der Waals surface area contributed by atoms with Gasteiger partial charge in [0.1, 0.15) is 17.7 Å². The van der Waals surface area contributed by atoms with Crippen molar-refractivity contribution < 1.29 is 14.7 Å². The van der Waals surface area contributed by atoms with Crippen molar-refractivity contribution in [2.45, 2.75) is 12.5 Å². The fourth-order valence-electron chi connectivity index (χ4n) is 1.43. The van der Waals surface area contributed by atoms with Gasteiger partial charge in [0.25, 0.3) is 5.91 Å². The standard InChI is InChI=1S/C12H16N4O3S2/c1-20-4-2-9(11(18)19)16-10(17)8(6-13)7-15-12-14-3-5-21-12/h7,9H,2-5H2,1H3,(H,14,15)(H,16,17)(H,18,19)/b8-7-. The van der Waals surface area contributed by atoms with Gasteiger partial charge in [0, 0.05) is 12.0 Å². The van der Waals surface area contributed by atoms with Gasteiger partial charge in [-0.25, -0.2) is 4.79 Å². The van der Waals surface area contributed by atoms with Crippen molar-refractivity contribution >= 4 is 40.6 Å². The van der Waals surface area contributed by atoms with Crippen LogP contribution in [-0.4, -0.2) is 52.5 Å². The molecule has 1 heterocycles. The Morgan fingerprint density at radius 1 is 1.67 bits per heavy atom. The molecule has 7 nitrogen and oxygen atoms in total. The highest BCUT2D eigenvalue weighted by Gasteiger charge is 2.21. The number of hydrogen-bond donors (Lipinski definition) is 3. The molecule has 0 saturated carbocycles. The van der Waals surface area contributed by atoms with Crippen LogP contribution in [0.1, 0.15) is 6.42 Å². The van der Waals surface area contributed by atoms with Crippen LogP contribution in [0.5, 0.6) is 0 Å². The van der Waals surface area contributed by atoms with Gasteiger partial charge < -0.3 is 15.7 Å². The van der Waals surface area contributed by atoms with Crippen LogP contribution >= 0.6 is 23.5 Å². The van der Waals surface area contributed by atoms with Gasteiger partial charge in [0.2, 0.25) is 0 Å². The minimum absolute atomic E-state index is 0.180. The summed E-state index contributed by atoms with van der Waals surface area (Å²) >= 11 is 2.98. The van der Waals surface area contributed by atoms with Crippen LogP contribution in [0.4, 0.5) is 0 Å². The van der Waals surface area contributed by atoms with Gasteiger partial charge in [-0.3, -0.25) is 9.79 Å². The molecule has 1 amide bonds.